The second kappa shape index (κ2) is 5.64. The van der Waals surface area contributed by atoms with Crippen LogP contribution in [-0.4, -0.2) is 33.2 Å². The number of nitrogens with one attached hydrogen (secondary N) is 3. The number of fused-ring (bicyclic) bond motifs is 1. The van der Waals surface area contributed by atoms with Crippen molar-refractivity contribution in [1.29, 1.82) is 0 Å². The monoisotopic (exact) mass is 312 g/mol. The molecule has 4 rings (SSSR count). The highest BCUT2D eigenvalue weighted by Crippen LogP contribution is 2.39. The summed E-state index contributed by atoms with van der Waals surface area (Å²) in [5.41, 5.74) is 2.36. The minimum Gasteiger partial charge on any atom is -0.338 e. The van der Waals surface area contributed by atoms with Crippen molar-refractivity contribution in [3.8, 4) is 0 Å². The first-order chi connectivity index (χ1) is 11.3. The first-order valence-corrected chi connectivity index (χ1v) is 8.12. The van der Waals surface area contributed by atoms with Gasteiger partial charge in [0.1, 0.15) is 5.54 Å². The van der Waals surface area contributed by atoms with E-state index < -0.39 is 5.54 Å². The van der Waals surface area contributed by atoms with Gasteiger partial charge in [-0.3, -0.25) is 0 Å². The zero-order valence-corrected chi connectivity index (χ0v) is 12.9. The number of carbonyl (C=O) groups is 1. The van der Waals surface area contributed by atoms with Crippen molar-refractivity contribution in [2.45, 2.75) is 37.6 Å². The molecule has 0 radical (unpaired) electrons. The molecule has 120 valence electrons. The van der Waals surface area contributed by atoms with Crippen LogP contribution in [0.2, 0.25) is 0 Å². The average molecular weight is 312 g/mol. The van der Waals surface area contributed by atoms with Gasteiger partial charge in [-0.25, -0.2) is 4.79 Å². The van der Waals surface area contributed by atoms with E-state index in [1.165, 1.54) is 11.1 Å². The van der Waals surface area contributed by atoms with E-state index in [0.717, 1.165) is 32.1 Å². The zero-order valence-electron chi connectivity index (χ0n) is 12.9. The van der Waals surface area contributed by atoms with Gasteiger partial charge in [0, 0.05) is 6.54 Å². The van der Waals surface area contributed by atoms with Crippen molar-refractivity contribution in [1.82, 2.24) is 31.3 Å². The summed E-state index contributed by atoms with van der Waals surface area (Å²) in [6.45, 7) is 0.683. The average Bonchev–Trinajstić information content (AvgIpc) is 3.17. The maximum Gasteiger partial charge on any atom is 0.315 e. The Hall–Kier alpha value is -2.44. The van der Waals surface area contributed by atoms with Crippen LogP contribution in [0.4, 0.5) is 4.79 Å². The molecule has 0 unspecified atom stereocenters. The number of carbonyl (C=O) groups excluding carboxylic acids is 1. The number of benzene rings is 1. The molecule has 0 spiro atoms. The molecule has 7 heteroatoms. The normalized spacial score (nSPS) is 19.0. The van der Waals surface area contributed by atoms with Gasteiger partial charge in [-0.2, -0.15) is 5.21 Å². The summed E-state index contributed by atoms with van der Waals surface area (Å²) in [5.74, 6) is 1.05. The molecule has 2 aromatic rings. The number of tetrazole rings is 1. The van der Waals surface area contributed by atoms with Gasteiger partial charge in [0.25, 0.3) is 0 Å². The van der Waals surface area contributed by atoms with E-state index in [2.05, 4.69) is 55.5 Å². The van der Waals surface area contributed by atoms with E-state index in [1.54, 1.807) is 0 Å². The van der Waals surface area contributed by atoms with E-state index in [4.69, 9.17) is 0 Å². The molecule has 1 fully saturated rings. The summed E-state index contributed by atoms with van der Waals surface area (Å²) in [5, 5.41) is 20.2. The van der Waals surface area contributed by atoms with Gasteiger partial charge < -0.3 is 10.6 Å². The molecule has 0 bridgehead atoms. The number of hydrogen-bond acceptors (Lipinski definition) is 4. The van der Waals surface area contributed by atoms with E-state index in [9.17, 15) is 4.79 Å². The third-order valence-corrected chi connectivity index (χ3v) is 5.02. The summed E-state index contributed by atoms with van der Waals surface area (Å²) in [4.78, 5) is 12.3. The number of H-pyrrole nitrogens is 1. The molecule has 7 nitrogen and oxygen atoms in total. The Morgan fingerprint density at radius 1 is 1.26 bits per heavy atom. The second-order valence-corrected chi connectivity index (χ2v) is 6.55. The molecule has 2 aliphatic rings. The first kappa shape index (κ1) is 14.2. The number of hydrogen-bond donors (Lipinski definition) is 3. The zero-order chi connectivity index (χ0) is 15.7. The van der Waals surface area contributed by atoms with Gasteiger partial charge in [-0.05, 0) is 49.1 Å². The highest BCUT2D eigenvalue weighted by Gasteiger charge is 2.43. The summed E-state index contributed by atoms with van der Waals surface area (Å²) >= 11 is 0. The van der Waals surface area contributed by atoms with Crippen LogP contribution in [0.1, 0.15) is 36.2 Å². The molecule has 3 N–H and O–H groups in total. The van der Waals surface area contributed by atoms with Crippen molar-refractivity contribution in [2.24, 2.45) is 5.92 Å². The lowest BCUT2D eigenvalue weighted by atomic mass is 9.76. The highest BCUT2D eigenvalue weighted by molar-refractivity contribution is 5.75. The molecule has 0 aliphatic heterocycles. The fraction of sp³-hybridized carbons (Fsp3) is 0.500. The van der Waals surface area contributed by atoms with Crippen molar-refractivity contribution in [3.05, 3.63) is 41.2 Å². The van der Waals surface area contributed by atoms with Gasteiger partial charge in [0.15, 0.2) is 5.82 Å². The molecular weight excluding hydrogens is 292 g/mol. The minimum atomic E-state index is -0.449. The number of urea groups is 1. The predicted molar refractivity (Wildman–Crippen MR) is 83.6 cm³/mol. The molecular formula is C16H20N6O. The van der Waals surface area contributed by atoms with Crippen LogP contribution in [-0.2, 0) is 18.4 Å². The lowest BCUT2D eigenvalue weighted by molar-refractivity contribution is 0.168. The number of aromatic nitrogens is 4. The standard InChI is InChI=1S/C16H20N6O/c23-15(18-16(6-3-7-16)14-19-21-22-20-14)17-10-11-8-12-4-1-2-5-13(12)9-11/h1-2,4-5,11H,3,6-10H2,(H2,17,18,23)(H,19,20,21,22). The summed E-state index contributed by atoms with van der Waals surface area (Å²) in [7, 11) is 0. The molecule has 1 heterocycles. The van der Waals surface area contributed by atoms with Gasteiger partial charge in [-0.1, -0.05) is 29.5 Å². The van der Waals surface area contributed by atoms with Crippen LogP contribution in [0.3, 0.4) is 0 Å². The predicted octanol–water partition coefficient (Wildman–Crippen LogP) is 1.29. The summed E-state index contributed by atoms with van der Waals surface area (Å²) in [6, 6.07) is 8.36. The number of aromatic amines is 1. The Kier molecular flexibility index (Phi) is 3.48. The third-order valence-electron chi connectivity index (χ3n) is 5.02. The van der Waals surface area contributed by atoms with Gasteiger partial charge in [0.2, 0.25) is 0 Å². The topological polar surface area (TPSA) is 95.6 Å². The SMILES string of the molecule is O=C(NCC1Cc2ccccc2C1)NC1(c2nn[nH]n2)CCC1. The van der Waals surface area contributed by atoms with Crippen LogP contribution in [0.25, 0.3) is 0 Å². The van der Waals surface area contributed by atoms with Crippen LogP contribution < -0.4 is 10.6 Å². The Labute approximate surface area is 134 Å². The third kappa shape index (κ3) is 2.67. The van der Waals surface area contributed by atoms with Crippen molar-refractivity contribution < 1.29 is 4.79 Å². The van der Waals surface area contributed by atoms with Gasteiger partial charge >= 0.3 is 6.03 Å². The lowest BCUT2D eigenvalue weighted by Crippen LogP contribution is -2.55. The van der Waals surface area contributed by atoms with Gasteiger partial charge in [0.05, 0.1) is 0 Å². The van der Waals surface area contributed by atoms with Crippen molar-refractivity contribution in [2.75, 3.05) is 6.54 Å². The molecule has 23 heavy (non-hydrogen) atoms. The summed E-state index contributed by atoms with van der Waals surface area (Å²) in [6.07, 6.45) is 4.84. The van der Waals surface area contributed by atoms with Crippen molar-refractivity contribution in [3.63, 3.8) is 0 Å². The largest absolute Gasteiger partial charge is 0.338 e. The van der Waals surface area contributed by atoms with Crippen molar-refractivity contribution >= 4 is 6.03 Å². The number of nitrogens with zero attached hydrogens (tertiary/aromatic N) is 3. The minimum absolute atomic E-state index is 0.148. The van der Waals surface area contributed by atoms with Crippen LogP contribution in [0.15, 0.2) is 24.3 Å². The first-order valence-electron chi connectivity index (χ1n) is 8.12. The second-order valence-electron chi connectivity index (χ2n) is 6.55. The van der Waals surface area contributed by atoms with E-state index >= 15 is 0 Å². The molecule has 1 aromatic heterocycles. The van der Waals surface area contributed by atoms with E-state index in [0.29, 0.717) is 18.3 Å². The molecule has 1 saturated carbocycles. The number of amides is 2. The van der Waals surface area contributed by atoms with E-state index in [1.807, 2.05) is 0 Å². The highest BCUT2D eigenvalue weighted by atomic mass is 16.2. The molecule has 2 aliphatic carbocycles. The fourth-order valence-corrected chi connectivity index (χ4v) is 3.59. The Morgan fingerprint density at radius 3 is 2.57 bits per heavy atom. The fourth-order valence-electron chi connectivity index (χ4n) is 3.59. The summed E-state index contributed by atoms with van der Waals surface area (Å²) < 4.78 is 0. The maximum absolute atomic E-state index is 12.3. The Morgan fingerprint density at radius 2 is 2.00 bits per heavy atom. The number of rotatable bonds is 4. The van der Waals surface area contributed by atoms with Crippen LogP contribution in [0, 0.1) is 5.92 Å². The van der Waals surface area contributed by atoms with E-state index in [-0.39, 0.29) is 6.03 Å². The Bertz CT molecular complexity index is 669. The smallest absolute Gasteiger partial charge is 0.315 e. The lowest BCUT2D eigenvalue weighted by Gasteiger charge is -2.39. The van der Waals surface area contributed by atoms with Crippen LogP contribution >= 0.6 is 0 Å². The molecule has 2 amide bonds. The molecule has 0 saturated heterocycles. The quantitative estimate of drug-likeness (QED) is 0.793. The maximum atomic E-state index is 12.3. The molecule has 0 atom stereocenters. The Balaban J connectivity index is 1.31. The van der Waals surface area contributed by atoms with Gasteiger partial charge in [-0.15, -0.1) is 10.2 Å². The van der Waals surface area contributed by atoms with Crippen LogP contribution in [0.5, 0.6) is 0 Å². The molecule has 1 aromatic carbocycles.